The standard InChI is InChI=1S/C14H13N3O7S/c1-9-3-5-11(8-13(9)17(20)21)25(22,23)15-12-7-10(16(18)19)4-6-14(12)24-2/h3-8,15H,1-2H3. The number of methoxy groups -OCH3 is 1. The topological polar surface area (TPSA) is 142 Å². The van der Waals surface area contributed by atoms with Crippen LogP contribution in [-0.4, -0.2) is 25.4 Å². The molecule has 2 aromatic rings. The molecule has 1 N–H and O–H groups in total. The van der Waals surface area contributed by atoms with E-state index in [0.29, 0.717) is 5.56 Å². The maximum Gasteiger partial charge on any atom is 0.273 e. The lowest BCUT2D eigenvalue weighted by Crippen LogP contribution is -2.14. The summed E-state index contributed by atoms with van der Waals surface area (Å²) in [5.41, 5.74) is -0.543. The van der Waals surface area contributed by atoms with Gasteiger partial charge in [0, 0.05) is 23.8 Å². The Hall–Kier alpha value is -3.21. The Kier molecular flexibility index (Phi) is 4.88. The molecular formula is C14H13N3O7S. The molecule has 0 heterocycles. The largest absolute Gasteiger partial charge is 0.495 e. The van der Waals surface area contributed by atoms with E-state index >= 15 is 0 Å². The average molecular weight is 367 g/mol. The molecule has 25 heavy (non-hydrogen) atoms. The highest BCUT2D eigenvalue weighted by atomic mass is 32.2. The number of hydrogen-bond acceptors (Lipinski definition) is 7. The fourth-order valence-corrected chi connectivity index (χ4v) is 3.13. The second kappa shape index (κ2) is 6.73. The highest BCUT2D eigenvalue weighted by Gasteiger charge is 2.22. The van der Waals surface area contributed by atoms with E-state index in [0.717, 1.165) is 18.2 Å². The van der Waals surface area contributed by atoms with Gasteiger partial charge in [0.15, 0.2) is 0 Å². The number of ether oxygens (including phenoxy) is 1. The minimum Gasteiger partial charge on any atom is -0.495 e. The average Bonchev–Trinajstić information content (AvgIpc) is 2.54. The summed E-state index contributed by atoms with van der Waals surface area (Å²) >= 11 is 0. The van der Waals surface area contributed by atoms with Crippen molar-refractivity contribution in [2.75, 3.05) is 11.8 Å². The van der Waals surface area contributed by atoms with Crippen LogP contribution >= 0.6 is 0 Å². The Labute approximate surface area is 142 Å². The summed E-state index contributed by atoms with van der Waals surface area (Å²) in [5, 5.41) is 21.8. The monoisotopic (exact) mass is 367 g/mol. The number of aryl methyl sites for hydroxylation is 1. The van der Waals surface area contributed by atoms with Gasteiger partial charge in [0.25, 0.3) is 21.4 Å². The summed E-state index contributed by atoms with van der Waals surface area (Å²) < 4.78 is 32.1. The van der Waals surface area contributed by atoms with Crippen molar-refractivity contribution in [1.82, 2.24) is 0 Å². The Bertz CT molecular complexity index is 957. The minimum absolute atomic E-state index is 0.0655. The van der Waals surface area contributed by atoms with Crippen molar-refractivity contribution in [2.24, 2.45) is 0 Å². The van der Waals surface area contributed by atoms with Gasteiger partial charge in [-0.3, -0.25) is 25.0 Å². The van der Waals surface area contributed by atoms with Gasteiger partial charge in [-0.2, -0.15) is 0 Å². The summed E-state index contributed by atoms with van der Waals surface area (Å²) in [4.78, 5) is 20.1. The molecule has 2 aromatic carbocycles. The van der Waals surface area contributed by atoms with Gasteiger partial charge in [-0.15, -0.1) is 0 Å². The summed E-state index contributed by atoms with van der Waals surface area (Å²) in [7, 11) is -2.94. The zero-order valence-electron chi connectivity index (χ0n) is 13.1. The minimum atomic E-state index is -4.22. The SMILES string of the molecule is COc1ccc([N+](=O)[O-])cc1NS(=O)(=O)c1ccc(C)c([N+](=O)[O-])c1. The molecule has 0 amide bonds. The Morgan fingerprint density at radius 1 is 1.04 bits per heavy atom. The summed E-state index contributed by atoms with van der Waals surface area (Å²) in [6.45, 7) is 1.48. The van der Waals surface area contributed by atoms with Gasteiger partial charge < -0.3 is 4.74 Å². The lowest BCUT2D eigenvalue weighted by Gasteiger charge is -2.12. The Morgan fingerprint density at radius 3 is 2.28 bits per heavy atom. The fraction of sp³-hybridized carbons (Fsp3) is 0.143. The van der Waals surface area contributed by atoms with Crippen LogP contribution in [0.25, 0.3) is 0 Å². The van der Waals surface area contributed by atoms with E-state index in [9.17, 15) is 28.6 Å². The van der Waals surface area contributed by atoms with E-state index in [-0.39, 0.29) is 27.7 Å². The lowest BCUT2D eigenvalue weighted by molar-refractivity contribution is -0.385. The van der Waals surface area contributed by atoms with Crippen molar-refractivity contribution in [3.8, 4) is 5.75 Å². The molecule has 10 nitrogen and oxygen atoms in total. The van der Waals surface area contributed by atoms with E-state index in [1.165, 1.54) is 32.2 Å². The molecule has 0 aliphatic rings. The van der Waals surface area contributed by atoms with Crippen molar-refractivity contribution >= 4 is 27.1 Å². The summed E-state index contributed by atoms with van der Waals surface area (Å²) in [6, 6.07) is 6.83. The second-order valence-corrected chi connectivity index (χ2v) is 6.64. The van der Waals surface area contributed by atoms with Gasteiger partial charge >= 0.3 is 0 Å². The molecule has 0 aromatic heterocycles. The highest BCUT2D eigenvalue weighted by molar-refractivity contribution is 7.92. The van der Waals surface area contributed by atoms with Crippen LogP contribution in [0.4, 0.5) is 17.1 Å². The number of hydrogen-bond donors (Lipinski definition) is 1. The van der Waals surface area contributed by atoms with E-state index in [2.05, 4.69) is 4.72 Å². The number of nitro benzene ring substituents is 2. The first-order valence-electron chi connectivity index (χ1n) is 6.76. The Morgan fingerprint density at radius 2 is 1.72 bits per heavy atom. The first-order chi connectivity index (χ1) is 11.7. The van der Waals surface area contributed by atoms with Crippen LogP contribution in [0.3, 0.4) is 0 Å². The molecule has 0 atom stereocenters. The van der Waals surface area contributed by atoms with Crippen molar-refractivity contribution in [3.63, 3.8) is 0 Å². The van der Waals surface area contributed by atoms with Gasteiger partial charge in [-0.1, -0.05) is 6.07 Å². The van der Waals surface area contributed by atoms with E-state index in [1.807, 2.05) is 0 Å². The Balaban J connectivity index is 2.49. The smallest absolute Gasteiger partial charge is 0.273 e. The van der Waals surface area contributed by atoms with Crippen molar-refractivity contribution in [2.45, 2.75) is 11.8 Å². The van der Waals surface area contributed by atoms with Gasteiger partial charge in [0.2, 0.25) is 0 Å². The van der Waals surface area contributed by atoms with Crippen LogP contribution < -0.4 is 9.46 Å². The lowest BCUT2D eigenvalue weighted by atomic mass is 10.2. The third-order valence-electron chi connectivity index (χ3n) is 3.33. The zero-order chi connectivity index (χ0) is 18.8. The molecular weight excluding hydrogens is 354 g/mol. The molecule has 0 saturated carbocycles. The predicted octanol–water partition coefficient (Wildman–Crippen LogP) is 2.62. The summed E-state index contributed by atoms with van der Waals surface area (Å²) in [6.07, 6.45) is 0. The maximum absolute atomic E-state index is 12.5. The van der Waals surface area contributed by atoms with E-state index in [4.69, 9.17) is 4.74 Å². The number of nitrogens with zero attached hydrogens (tertiary/aromatic N) is 2. The maximum atomic E-state index is 12.5. The molecule has 0 bridgehead atoms. The summed E-state index contributed by atoms with van der Waals surface area (Å²) in [5.74, 6) is 0.0655. The predicted molar refractivity (Wildman–Crippen MR) is 88.3 cm³/mol. The number of anilines is 1. The second-order valence-electron chi connectivity index (χ2n) is 4.95. The van der Waals surface area contributed by atoms with Gasteiger partial charge in [-0.25, -0.2) is 8.42 Å². The van der Waals surface area contributed by atoms with Crippen molar-refractivity contribution in [1.29, 1.82) is 0 Å². The van der Waals surface area contributed by atoms with E-state index in [1.54, 1.807) is 0 Å². The quantitative estimate of drug-likeness (QED) is 0.611. The van der Waals surface area contributed by atoms with Crippen LogP contribution in [0, 0.1) is 27.2 Å². The number of non-ortho nitro benzene ring substituents is 1. The zero-order valence-corrected chi connectivity index (χ0v) is 13.9. The normalized spacial score (nSPS) is 11.0. The third kappa shape index (κ3) is 3.83. The highest BCUT2D eigenvalue weighted by Crippen LogP contribution is 2.31. The van der Waals surface area contributed by atoms with E-state index < -0.39 is 19.9 Å². The first-order valence-corrected chi connectivity index (χ1v) is 8.24. The molecule has 0 aliphatic carbocycles. The molecule has 11 heteroatoms. The molecule has 0 saturated heterocycles. The van der Waals surface area contributed by atoms with Crippen molar-refractivity contribution < 1.29 is 23.0 Å². The first kappa shape index (κ1) is 18.1. The third-order valence-corrected chi connectivity index (χ3v) is 4.69. The van der Waals surface area contributed by atoms with Gasteiger partial charge in [0.1, 0.15) is 5.75 Å². The van der Waals surface area contributed by atoms with Crippen molar-refractivity contribution in [3.05, 3.63) is 62.2 Å². The molecule has 0 radical (unpaired) electrons. The number of rotatable bonds is 6. The van der Waals surface area contributed by atoms with Crippen LogP contribution in [0.1, 0.15) is 5.56 Å². The molecule has 0 fully saturated rings. The van der Waals surface area contributed by atoms with Crippen LogP contribution in [0.15, 0.2) is 41.3 Å². The molecule has 0 unspecified atom stereocenters. The number of sulfonamides is 1. The number of nitro groups is 2. The van der Waals surface area contributed by atoms with Crippen LogP contribution in [0.2, 0.25) is 0 Å². The molecule has 132 valence electrons. The van der Waals surface area contributed by atoms with Crippen LogP contribution in [-0.2, 0) is 10.0 Å². The van der Waals surface area contributed by atoms with Gasteiger partial charge in [-0.05, 0) is 19.1 Å². The molecule has 2 rings (SSSR count). The van der Waals surface area contributed by atoms with Gasteiger partial charge in [0.05, 0.1) is 27.5 Å². The number of nitrogens with one attached hydrogen (secondary N) is 1. The fourth-order valence-electron chi connectivity index (χ4n) is 2.05. The van der Waals surface area contributed by atoms with Crippen LogP contribution in [0.5, 0.6) is 5.75 Å². The molecule has 0 spiro atoms. The number of benzene rings is 2. The molecule has 0 aliphatic heterocycles.